The van der Waals surface area contributed by atoms with E-state index in [1.807, 2.05) is 0 Å². The molecule has 5 fully saturated rings. The molecule has 3 heterocycles. The van der Waals surface area contributed by atoms with Crippen LogP contribution >= 0.6 is 0 Å². The predicted molar refractivity (Wildman–Crippen MR) is 159 cm³/mol. The third-order valence-electron chi connectivity index (χ3n) is 9.15. The lowest BCUT2D eigenvalue weighted by Gasteiger charge is -2.74. The molecule has 1 aliphatic heterocycles. The number of carbonyl (C=O) groups excluding carboxylic acids is 2. The second-order valence-corrected chi connectivity index (χ2v) is 12.1. The SMILES string of the molecule is COc1cc(C(=O)Nc2ccc(F)c(C3CC3)c2)c(NC(=O)c2c(NC34CC(N5CCOCC5)(C3)C4)ncnc2OC)cn1. The Hall–Kier alpha value is -4.36. The summed E-state index contributed by atoms with van der Waals surface area (Å²) in [6.45, 7) is 3.36. The number of aromatic nitrogens is 3. The van der Waals surface area contributed by atoms with E-state index in [-0.39, 0.29) is 51.4 Å². The number of anilines is 3. The second kappa shape index (κ2) is 11.0. The maximum absolute atomic E-state index is 14.3. The first-order valence-corrected chi connectivity index (χ1v) is 14.8. The molecule has 4 saturated carbocycles. The fourth-order valence-electron chi connectivity index (χ4n) is 6.86. The number of rotatable bonds is 10. The topological polar surface area (TPSA) is 140 Å². The first-order chi connectivity index (χ1) is 21.3. The summed E-state index contributed by atoms with van der Waals surface area (Å²) >= 11 is 0. The van der Waals surface area contributed by atoms with Gasteiger partial charge in [-0.3, -0.25) is 14.5 Å². The van der Waals surface area contributed by atoms with Gasteiger partial charge in [-0.15, -0.1) is 0 Å². The molecule has 2 bridgehead atoms. The smallest absolute Gasteiger partial charge is 0.265 e. The molecule has 5 aliphatic rings. The number of halogens is 1. The zero-order chi connectivity index (χ0) is 30.5. The fourth-order valence-corrected chi connectivity index (χ4v) is 6.86. The second-order valence-electron chi connectivity index (χ2n) is 12.1. The molecule has 44 heavy (non-hydrogen) atoms. The van der Waals surface area contributed by atoms with E-state index >= 15 is 0 Å². The van der Waals surface area contributed by atoms with Gasteiger partial charge in [0.25, 0.3) is 11.8 Å². The maximum atomic E-state index is 14.3. The summed E-state index contributed by atoms with van der Waals surface area (Å²) in [6.07, 6.45) is 7.40. The van der Waals surface area contributed by atoms with E-state index < -0.39 is 11.8 Å². The van der Waals surface area contributed by atoms with Crippen molar-refractivity contribution in [2.45, 2.75) is 49.1 Å². The van der Waals surface area contributed by atoms with Crippen LogP contribution in [-0.2, 0) is 4.74 Å². The highest BCUT2D eigenvalue weighted by Crippen LogP contribution is 2.65. The van der Waals surface area contributed by atoms with E-state index in [9.17, 15) is 14.0 Å². The molecule has 0 radical (unpaired) electrons. The lowest BCUT2D eigenvalue weighted by Crippen LogP contribution is -2.82. The van der Waals surface area contributed by atoms with Crippen LogP contribution in [0.4, 0.5) is 21.6 Å². The zero-order valence-electron chi connectivity index (χ0n) is 24.6. The molecular weight excluding hydrogens is 569 g/mol. The van der Waals surface area contributed by atoms with Gasteiger partial charge in [0, 0.05) is 35.9 Å². The molecule has 8 rings (SSSR count). The van der Waals surface area contributed by atoms with Gasteiger partial charge < -0.3 is 30.2 Å². The Bertz CT molecular complexity index is 1610. The van der Waals surface area contributed by atoms with Crippen molar-refractivity contribution in [2.24, 2.45) is 0 Å². The summed E-state index contributed by atoms with van der Waals surface area (Å²) in [7, 11) is 2.87. The summed E-state index contributed by atoms with van der Waals surface area (Å²) in [6, 6.07) is 5.94. The van der Waals surface area contributed by atoms with Crippen molar-refractivity contribution in [3.63, 3.8) is 0 Å². The number of pyridine rings is 1. The quantitative estimate of drug-likeness (QED) is 0.313. The molecule has 4 aliphatic carbocycles. The number of ether oxygens (including phenoxy) is 3. The molecule has 2 amide bonds. The third kappa shape index (κ3) is 5.09. The number of carbonyl (C=O) groups is 2. The zero-order valence-corrected chi connectivity index (χ0v) is 24.6. The predicted octanol–water partition coefficient (Wildman–Crippen LogP) is 3.83. The highest BCUT2D eigenvalue weighted by Gasteiger charge is 2.70. The van der Waals surface area contributed by atoms with Crippen LogP contribution in [0.15, 0.2) is 36.8 Å². The number of methoxy groups -OCH3 is 2. The Kier molecular flexibility index (Phi) is 7.08. The number of nitrogens with one attached hydrogen (secondary N) is 3. The van der Waals surface area contributed by atoms with Crippen LogP contribution in [0.3, 0.4) is 0 Å². The van der Waals surface area contributed by atoms with E-state index in [1.165, 1.54) is 44.9 Å². The molecule has 3 aromatic rings. The normalized spacial score (nSPS) is 24.0. The average Bonchev–Trinajstić information content (AvgIpc) is 3.85. The van der Waals surface area contributed by atoms with Gasteiger partial charge in [0.05, 0.1) is 44.9 Å². The number of benzene rings is 1. The number of amides is 2. The maximum Gasteiger partial charge on any atom is 0.265 e. The van der Waals surface area contributed by atoms with Crippen molar-refractivity contribution in [2.75, 3.05) is 56.5 Å². The minimum atomic E-state index is -0.571. The van der Waals surface area contributed by atoms with Crippen molar-refractivity contribution in [1.29, 1.82) is 0 Å². The van der Waals surface area contributed by atoms with Crippen molar-refractivity contribution in [3.05, 3.63) is 59.3 Å². The minimum absolute atomic E-state index is 0.0980. The first-order valence-electron chi connectivity index (χ1n) is 14.8. The van der Waals surface area contributed by atoms with Gasteiger partial charge in [-0.25, -0.2) is 19.3 Å². The largest absolute Gasteiger partial charge is 0.481 e. The number of nitrogens with zero attached hydrogens (tertiary/aromatic N) is 4. The number of morpholine rings is 1. The van der Waals surface area contributed by atoms with E-state index in [2.05, 4.69) is 35.8 Å². The van der Waals surface area contributed by atoms with Crippen LogP contribution in [0, 0.1) is 5.82 Å². The minimum Gasteiger partial charge on any atom is -0.481 e. The summed E-state index contributed by atoms with van der Waals surface area (Å²) in [5.41, 5.74) is 1.43. The number of hydrogen-bond acceptors (Lipinski definition) is 10. The van der Waals surface area contributed by atoms with Crippen LogP contribution < -0.4 is 25.4 Å². The molecule has 1 saturated heterocycles. The van der Waals surface area contributed by atoms with Crippen LogP contribution in [-0.4, -0.2) is 83.3 Å². The molecule has 3 N–H and O–H groups in total. The van der Waals surface area contributed by atoms with E-state index in [0.29, 0.717) is 17.1 Å². The summed E-state index contributed by atoms with van der Waals surface area (Å²) in [5, 5.41) is 9.13. The first kappa shape index (κ1) is 28.4. The van der Waals surface area contributed by atoms with Gasteiger partial charge in [0.15, 0.2) is 0 Å². The van der Waals surface area contributed by atoms with Gasteiger partial charge in [-0.2, -0.15) is 0 Å². The molecule has 12 nitrogen and oxygen atoms in total. The highest BCUT2D eigenvalue weighted by atomic mass is 19.1. The molecule has 230 valence electrons. The van der Waals surface area contributed by atoms with Crippen LogP contribution in [0.25, 0.3) is 0 Å². The Morgan fingerprint density at radius 2 is 1.77 bits per heavy atom. The summed E-state index contributed by atoms with van der Waals surface area (Å²) in [4.78, 5) is 42.6. The lowest BCUT2D eigenvalue weighted by molar-refractivity contribution is -0.172. The third-order valence-corrected chi connectivity index (χ3v) is 9.15. The highest BCUT2D eigenvalue weighted by molar-refractivity contribution is 6.14. The van der Waals surface area contributed by atoms with Crippen molar-refractivity contribution in [3.8, 4) is 11.8 Å². The van der Waals surface area contributed by atoms with Crippen LogP contribution in [0.1, 0.15) is 64.3 Å². The molecule has 1 aromatic carbocycles. The summed E-state index contributed by atoms with van der Waals surface area (Å²) in [5.74, 6) is -0.570. The molecule has 13 heteroatoms. The van der Waals surface area contributed by atoms with Gasteiger partial charge >= 0.3 is 0 Å². The Morgan fingerprint density at radius 1 is 1.00 bits per heavy atom. The Balaban J connectivity index is 1.11. The molecule has 0 atom stereocenters. The molecule has 2 aromatic heterocycles. The van der Waals surface area contributed by atoms with E-state index in [0.717, 1.165) is 58.4 Å². The molecule has 0 spiro atoms. The molecular formula is C31H34FN7O5. The van der Waals surface area contributed by atoms with Gasteiger partial charge in [-0.05, 0) is 61.8 Å². The van der Waals surface area contributed by atoms with Gasteiger partial charge in [0.1, 0.15) is 23.5 Å². The van der Waals surface area contributed by atoms with Crippen LogP contribution in [0.5, 0.6) is 11.8 Å². The van der Waals surface area contributed by atoms with Crippen LogP contribution in [0.2, 0.25) is 0 Å². The van der Waals surface area contributed by atoms with E-state index in [1.54, 1.807) is 6.07 Å². The summed E-state index contributed by atoms with van der Waals surface area (Å²) < 4.78 is 30.5. The van der Waals surface area contributed by atoms with Crippen molar-refractivity contribution in [1.82, 2.24) is 19.9 Å². The van der Waals surface area contributed by atoms with Gasteiger partial charge in [0.2, 0.25) is 11.8 Å². The van der Waals surface area contributed by atoms with Crippen molar-refractivity contribution >= 4 is 29.0 Å². The van der Waals surface area contributed by atoms with Crippen molar-refractivity contribution < 1.29 is 28.2 Å². The lowest BCUT2D eigenvalue weighted by atomic mass is 9.43. The Labute approximate surface area is 253 Å². The van der Waals surface area contributed by atoms with Gasteiger partial charge in [-0.1, -0.05) is 0 Å². The van der Waals surface area contributed by atoms with E-state index in [4.69, 9.17) is 14.2 Å². The average molecular weight is 604 g/mol. The monoisotopic (exact) mass is 603 g/mol. The Morgan fingerprint density at radius 3 is 2.48 bits per heavy atom. The molecule has 0 unspecified atom stereocenters. The number of hydrogen-bond donors (Lipinski definition) is 3. The fraction of sp³-hybridized carbons (Fsp3) is 0.452. The standard InChI is InChI=1S/C31H34FN7O5/c1-42-24-12-21(27(40)36-19-5-6-22(32)20(11-19)18-3-4-18)23(13-33-24)37-28(41)25-26(34-17-35-29(25)43-2)38-30-14-31(15-30,16-30)39-7-9-44-10-8-39/h5-6,11-13,17-18H,3-4,7-10,14-16H2,1-2H3,(H,36,40)(H,37,41)(H,34,35,38).